The molecule has 2 heterocycles. The molecule has 0 aliphatic heterocycles. The summed E-state index contributed by atoms with van der Waals surface area (Å²) in [5.74, 6) is -0.170. The Kier molecular flexibility index (Phi) is 6.89. The average Bonchev–Trinajstić information content (AvgIpc) is 3.49. The molecule has 7 heteroatoms. The largest absolute Gasteiger partial charge is 0.464 e. The number of anilines is 1. The fourth-order valence-electron chi connectivity index (χ4n) is 5.09. The number of nitrogens with zero attached hydrogens (tertiary/aromatic N) is 1. The molecule has 0 radical (unpaired) electrons. The van der Waals surface area contributed by atoms with E-state index in [0.717, 1.165) is 48.6 Å². The summed E-state index contributed by atoms with van der Waals surface area (Å²) in [7, 11) is 0. The number of fused-ring (bicyclic) bond motifs is 1. The number of carbonyl (C=O) groups is 2. The number of nitrogens with one attached hydrogen (secondary N) is 2. The third-order valence-electron chi connectivity index (χ3n) is 6.86. The molecule has 6 nitrogen and oxygen atoms in total. The lowest BCUT2D eigenvalue weighted by molar-refractivity contribution is -0.127. The predicted octanol–water partition coefficient (Wildman–Crippen LogP) is 5.97. The van der Waals surface area contributed by atoms with Crippen LogP contribution < -0.4 is 10.2 Å². The molecule has 1 fully saturated rings. The molecule has 4 aromatic rings. The van der Waals surface area contributed by atoms with Gasteiger partial charge in [0.05, 0.1) is 6.42 Å². The van der Waals surface area contributed by atoms with Gasteiger partial charge in [0, 0.05) is 28.8 Å². The van der Waals surface area contributed by atoms with E-state index in [2.05, 4.69) is 10.3 Å². The van der Waals surface area contributed by atoms with Crippen LogP contribution in [0, 0.1) is 12.7 Å². The van der Waals surface area contributed by atoms with Crippen molar-refractivity contribution in [3.63, 3.8) is 0 Å². The molecule has 5 rings (SSSR count). The van der Waals surface area contributed by atoms with Crippen LogP contribution >= 0.6 is 0 Å². The van der Waals surface area contributed by atoms with Crippen molar-refractivity contribution in [1.29, 1.82) is 0 Å². The maximum Gasteiger partial charge on any atom is 0.251 e. The highest BCUT2D eigenvalue weighted by molar-refractivity contribution is 6.03. The van der Waals surface area contributed by atoms with Crippen LogP contribution in [0.2, 0.25) is 0 Å². The van der Waals surface area contributed by atoms with Gasteiger partial charge in [0.25, 0.3) is 5.91 Å². The monoisotopic (exact) mass is 487 g/mol. The van der Waals surface area contributed by atoms with E-state index in [9.17, 15) is 14.0 Å². The Hall–Kier alpha value is -3.87. The van der Waals surface area contributed by atoms with Gasteiger partial charge in [0.2, 0.25) is 5.91 Å². The molecule has 1 aliphatic rings. The molecular weight excluding hydrogens is 457 g/mol. The second kappa shape index (κ2) is 10.4. The Morgan fingerprint density at radius 1 is 1.08 bits per heavy atom. The average molecular weight is 488 g/mol. The van der Waals surface area contributed by atoms with Gasteiger partial charge in [-0.3, -0.25) is 14.5 Å². The molecule has 2 aromatic heterocycles. The van der Waals surface area contributed by atoms with Crippen LogP contribution in [0.4, 0.5) is 10.1 Å². The topological polar surface area (TPSA) is 78.3 Å². The smallest absolute Gasteiger partial charge is 0.251 e. The zero-order chi connectivity index (χ0) is 25.1. The van der Waals surface area contributed by atoms with Gasteiger partial charge in [0.1, 0.15) is 17.3 Å². The van der Waals surface area contributed by atoms with E-state index in [4.69, 9.17) is 4.42 Å². The highest BCUT2D eigenvalue weighted by atomic mass is 19.1. The van der Waals surface area contributed by atoms with Gasteiger partial charge < -0.3 is 14.7 Å². The minimum absolute atomic E-state index is 0.0351. The van der Waals surface area contributed by atoms with Crippen LogP contribution in [0.1, 0.15) is 55.2 Å². The van der Waals surface area contributed by atoms with Crippen molar-refractivity contribution in [2.75, 3.05) is 4.90 Å². The maximum absolute atomic E-state index is 14.4. The molecule has 0 bridgehead atoms. The fraction of sp³-hybridized carbons (Fsp3) is 0.310. The number of amides is 2. The molecule has 2 aromatic carbocycles. The Bertz CT molecular complexity index is 1370. The first-order valence-electron chi connectivity index (χ1n) is 12.5. The lowest BCUT2D eigenvalue weighted by atomic mass is 9.95. The molecule has 36 heavy (non-hydrogen) atoms. The summed E-state index contributed by atoms with van der Waals surface area (Å²) in [6, 6.07) is 16.0. The number of hydrogen-bond donors (Lipinski definition) is 2. The summed E-state index contributed by atoms with van der Waals surface area (Å²) in [6.45, 7) is 1.79. The Balaban J connectivity index is 1.54. The van der Waals surface area contributed by atoms with E-state index in [1.54, 1.807) is 37.4 Å². The molecule has 186 valence electrons. The van der Waals surface area contributed by atoms with Gasteiger partial charge in [-0.05, 0) is 61.7 Å². The van der Waals surface area contributed by atoms with Crippen LogP contribution in [-0.4, -0.2) is 22.8 Å². The molecule has 0 unspecified atom stereocenters. The Labute approximate surface area is 209 Å². The van der Waals surface area contributed by atoms with Gasteiger partial charge in [0.15, 0.2) is 6.04 Å². The van der Waals surface area contributed by atoms with E-state index in [1.165, 1.54) is 17.0 Å². The van der Waals surface area contributed by atoms with E-state index >= 15 is 0 Å². The second-order valence-electron chi connectivity index (χ2n) is 9.47. The summed E-state index contributed by atoms with van der Waals surface area (Å²) in [5, 5.41) is 4.07. The van der Waals surface area contributed by atoms with Crippen molar-refractivity contribution < 1.29 is 18.4 Å². The molecule has 0 saturated heterocycles. The number of carbonyl (C=O) groups excluding carboxylic acids is 2. The predicted molar refractivity (Wildman–Crippen MR) is 137 cm³/mol. The van der Waals surface area contributed by atoms with E-state index < -0.39 is 11.9 Å². The summed E-state index contributed by atoms with van der Waals surface area (Å²) in [5.41, 5.74) is 2.03. The number of rotatable bonds is 7. The third kappa shape index (κ3) is 5.05. The molecular formula is C29H30FN3O3. The van der Waals surface area contributed by atoms with Gasteiger partial charge in [-0.15, -0.1) is 0 Å². The fourth-order valence-corrected chi connectivity index (χ4v) is 5.09. The van der Waals surface area contributed by atoms with Crippen molar-refractivity contribution in [3.05, 3.63) is 89.8 Å². The minimum atomic E-state index is -1.07. The minimum Gasteiger partial charge on any atom is -0.464 e. The first-order chi connectivity index (χ1) is 17.5. The first kappa shape index (κ1) is 23.9. The molecule has 2 N–H and O–H groups in total. The summed E-state index contributed by atoms with van der Waals surface area (Å²) in [6.07, 6.45) is 6.92. The zero-order valence-electron chi connectivity index (χ0n) is 20.3. The highest BCUT2D eigenvalue weighted by Crippen LogP contribution is 2.32. The number of H-pyrrole nitrogens is 1. The molecule has 2 amide bonds. The standard InChI is InChI=1S/C29H30FN3O3/c1-19-14-15-26(36-19)28(29(35)32-22-9-3-2-4-10-22)33(23-11-7-8-21(30)17-23)27(34)16-20-18-31-25-13-6-5-12-24(20)25/h5-8,11-15,17-18,22,28,31H,2-4,9-10,16H2,1H3,(H,32,35)/t28-/m1/s1. The lowest BCUT2D eigenvalue weighted by Gasteiger charge is -2.32. The summed E-state index contributed by atoms with van der Waals surface area (Å²) < 4.78 is 20.2. The number of halogens is 1. The molecule has 1 atom stereocenters. The Morgan fingerprint density at radius 2 is 1.89 bits per heavy atom. The van der Waals surface area contributed by atoms with Crippen LogP contribution in [-0.2, 0) is 16.0 Å². The second-order valence-corrected chi connectivity index (χ2v) is 9.47. The maximum atomic E-state index is 14.4. The lowest BCUT2D eigenvalue weighted by Crippen LogP contribution is -2.47. The summed E-state index contributed by atoms with van der Waals surface area (Å²) in [4.78, 5) is 32.3. The van der Waals surface area contributed by atoms with Crippen molar-refractivity contribution in [2.24, 2.45) is 0 Å². The van der Waals surface area contributed by atoms with Gasteiger partial charge >= 0.3 is 0 Å². The third-order valence-corrected chi connectivity index (χ3v) is 6.86. The number of hydrogen-bond acceptors (Lipinski definition) is 3. The van der Waals surface area contributed by atoms with Gasteiger partial charge in [-0.25, -0.2) is 4.39 Å². The Morgan fingerprint density at radius 3 is 2.64 bits per heavy atom. The number of furan rings is 1. The van der Waals surface area contributed by atoms with Gasteiger partial charge in [-0.1, -0.05) is 43.5 Å². The van der Waals surface area contributed by atoms with Crippen molar-refractivity contribution in [3.8, 4) is 0 Å². The van der Waals surface area contributed by atoms with E-state index in [0.29, 0.717) is 17.2 Å². The van der Waals surface area contributed by atoms with Crippen LogP contribution in [0.3, 0.4) is 0 Å². The number of aryl methyl sites for hydroxylation is 1. The van der Waals surface area contributed by atoms with E-state index in [-0.39, 0.29) is 24.3 Å². The quantitative estimate of drug-likeness (QED) is 0.337. The van der Waals surface area contributed by atoms with Crippen LogP contribution in [0.25, 0.3) is 10.9 Å². The number of benzene rings is 2. The SMILES string of the molecule is Cc1ccc([C@H](C(=O)NC2CCCCC2)N(C(=O)Cc2c[nH]c3ccccc23)c2cccc(F)c2)o1. The molecule has 0 spiro atoms. The zero-order valence-corrected chi connectivity index (χ0v) is 20.3. The van der Waals surface area contributed by atoms with Crippen molar-refractivity contribution in [2.45, 2.75) is 57.5 Å². The summed E-state index contributed by atoms with van der Waals surface area (Å²) >= 11 is 0. The van der Waals surface area contributed by atoms with Crippen molar-refractivity contribution >= 4 is 28.4 Å². The van der Waals surface area contributed by atoms with Crippen LogP contribution in [0.5, 0.6) is 0 Å². The van der Waals surface area contributed by atoms with Crippen LogP contribution in [0.15, 0.2) is 71.3 Å². The van der Waals surface area contributed by atoms with E-state index in [1.807, 2.05) is 24.3 Å². The molecule has 1 aliphatic carbocycles. The number of aromatic nitrogens is 1. The molecule has 1 saturated carbocycles. The number of aromatic amines is 1. The van der Waals surface area contributed by atoms with Crippen molar-refractivity contribution in [1.82, 2.24) is 10.3 Å². The first-order valence-corrected chi connectivity index (χ1v) is 12.5. The van der Waals surface area contributed by atoms with Gasteiger partial charge in [-0.2, -0.15) is 0 Å². The number of para-hydroxylation sites is 1. The normalized spacial score (nSPS) is 15.1. The highest BCUT2D eigenvalue weighted by Gasteiger charge is 2.36.